The van der Waals surface area contributed by atoms with Crippen LogP contribution in [0.2, 0.25) is 0 Å². The van der Waals surface area contributed by atoms with Crippen LogP contribution in [0.25, 0.3) is 22.4 Å². The van der Waals surface area contributed by atoms with Gasteiger partial charge in [-0.1, -0.05) is 24.3 Å². The number of fused-ring (bicyclic) bond motifs is 2. The number of phenols is 1. The first-order valence-electron chi connectivity index (χ1n) is 17.8. The average molecular weight is 675 g/mol. The molecule has 2 aromatic heterocycles. The van der Waals surface area contributed by atoms with Crippen molar-refractivity contribution in [3.05, 3.63) is 66.5 Å². The highest BCUT2D eigenvalue weighted by Crippen LogP contribution is 2.70. The van der Waals surface area contributed by atoms with Crippen LogP contribution in [0.4, 0.5) is 11.5 Å². The summed E-state index contributed by atoms with van der Waals surface area (Å²) >= 11 is 0. The summed E-state index contributed by atoms with van der Waals surface area (Å²) in [5.74, 6) is 0.962. The third-order valence-electron chi connectivity index (χ3n) is 12.7. The quantitative estimate of drug-likeness (QED) is 0.248. The Morgan fingerprint density at radius 1 is 0.960 bits per heavy atom. The van der Waals surface area contributed by atoms with Gasteiger partial charge in [0.1, 0.15) is 23.6 Å². The fraction of sp³-hybridized carbons (Fsp3) is 0.447. The minimum absolute atomic E-state index is 0.0372. The Morgan fingerprint density at radius 2 is 1.76 bits per heavy atom. The first-order valence-corrected chi connectivity index (χ1v) is 17.8. The summed E-state index contributed by atoms with van der Waals surface area (Å²) < 4.78 is 8.55. The fourth-order valence-corrected chi connectivity index (χ4v) is 9.70. The monoisotopic (exact) mass is 674 g/mol. The molecule has 2 aromatic carbocycles. The van der Waals surface area contributed by atoms with Crippen LogP contribution < -0.4 is 20.7 Å². The minimum Gasteiger partial charge on any atom is -0.507 e. The zero-order valence-corrected chi connectivity index (χ0v) is 28.3. The number of nitrogens with zero attached hydrogens (tertiary/aromatic N) is 6. The summed E-state index contributed by atoms with van der Waals surface area (Å²) in [6, 6.07) is 15.7. The lowest BCUT2D eigenvalue weighted by molar-refractivity contribution is -0.157. The van der Waals surface area contributed by atoms with E-state index in [1.54, 1.807) is 12.1 Å². The lowest BCUT2D eigenvalue weighted by Crippen LogP contribution is -2.76. The molecular weight excluding hydrogens is 632 g/mol. The van der Waals surface area contributed by atoms with Gasteiger partial charge < -0.3 is 20.5 Å². The number of carbonyl (C=O) groups is 2. The van der Waals surface area contributed by atoms with E-state index in [9.17, 15) is 14.7 Å². The fourth-order valence-electron chi connectivity index (χ4n) is 9.70. The molecule has 4 N–H and O–H groups in total. The summed E-state index contributed by atoms with van der Waals surface area (Å²) in [4.78, 5) is 30.1. The number of hydrogen-bond donors (Lipinski definition) is 3. The maximum Gasteiger partial charge on any atom is 0.252 e. The first-order chi connectivity index (χ1) is 24.2. The molecule has 2 amide bonds. The van der Waals surface area contributed by atoms with Gasteiger partial charge in [-0.05, 0) is 76.1 Å². The standard InChI is InChI=1S/C38H42N8O4/c1-36(12-9-32(48)41-35(36)49)45-19-20-50-33-28(6-4-7-30(33)45)37-13-15-38(37,16-14-37)44-17-10-25(11-18-44)46-23-24(22-40-46)27-21-29(42-43-34(27)39)26-5-2-3-8-31(26)47/h2-8,21-23,25,47H,9-20H2,1H3,(H2,39,43)(H,41,48,49)/t36-,37-,38+/m1/s1. The maximum absolute atomic E-state index is 13.2. The molecule has 9 rings (SSSR count). The normalized spacial score (nSPS) is 28.1. The summed E-state index contributed by atoms with van der Waals surface area (Å²) in [6.45, 7) is 5.06. The van der Waals surface area contributed by atoms with Gasteiger partial charge in [-0.25, -0.2) is 0 Å². The van der Waals surface area contributed by atoms with E-state index in [-0.39, 0.29) is 34.6 Å². The smallest absolute Gasteiger partial charge is 0.252 e. The molecule has 5 heterocycles. The van der Waals surface area contributed by atoms with E-state index in [1.807, 2.05) is 31.3 Å². The number of anilines is 2. The largest absolute Gasteiger partial charge is 0.507 e. The Bertz CT molecular complexity index is 2010. The molecule has 0 spiro atoms. The van der Waals surface area contributed by atoms with Crippen molar-refractivity contribution in [3.63, 3.8) is 0 Å². The second-order valence-electron chi connectivity index (χ2n) is 14.9. The number of nitrogen functional groups attached to an aromatic ring is 1. The molecule has 2 saturated carbocycles. The molecule has 50 heavy (non-hydrogen) atoms. The Labute approximate surface area is 290 Å². The van der Waals surface area contributed by atoms with E-state index in [0.717, 1.165) is 61.3 Å². The maximum atomic E-state index is 13.2. The molecule has 4 fully saturated rings. The Hall–Kier alpha value is -4.97. The number of benzene rings is 2. The zero-order chi connectivity index (χ0) is 34.3. The number of hydrogen-bond acceptors (Lipinski definition) is 10. The second-order valence-corrected chi connectivity index (χ2v) is 14.9. The number of likely N-dealkylation sites (tertiary alicyclic amines) is 1. The van der Waals surface area contributed by atoms with Gasteiger partial charge in [0, 0.05) is 58.9 Å². The predicted molar refractivity (Wildman–Crippen MR) is 188 cm³/mol. The number of carbonyl (C=O) groups excluding carboxylic acids is 2. The van der Waals surface area contributed by atoms with E-state index in [4.69, 9.17) is 15.6 Å². The predicted octanol–water partition coefficient (Wildman–Crippen LogP) is 4.59. The number of nitrogens with one attached hydrogen (secondary N) is 1. The number of piperidine rings is 2. The molecule has 2 aliphatic carbocycles. The lowest BCUT2D eigenvalue weighted by atomic mass is 9.39. The van der Waals surface area contributed by atoms with Crippen LogP contribution in [0, 0.1) is 0 Å². The van der Waals surface area contributed by atoms with Crippen molar-refractivity contribution in [1.29, 1.82) is 0 Å². The summed E-state index contributed by atoms with van der Waals surface area (Å²) in [7, 11) is 0. The molecule has 12 heteroatoms. The minimum atomic E-state index is -0.792. The third-order valence-corrected chi connectivity index (χ3v) is 12.7. The van der Waals surface area contributed by atoms with E-state index < -0.39 is 5.54 Å². The van der Waals surface area contributed by atoms with Gasteiger partial charge in [0.15, 0.2) is 5.82 Å². The van der Waals surface area contributed by atoms with Gasteiger partial charge in [-0.2, -0.15) is 5.10 Å². The molecule has 0 bridgehead atoms. The number of ether oxygens (including phenoxy) is 1. The topological polar surface area (TPSA) is 152 Å². The zero-order valence-electron chi connectivity index (χ0n) is 28.3. The number of nitrogens with two attached hydrogens (primary N) is 1. The van der Waals surface area contributed by atoms with Crippen LogP contribution in [0.1, 0.15) is 69.9 Å². The molecule has 2 saturated heterocycles. The van der Waals surface area contributed by atoms with Crippen molar-refractivity contribution in [2.45, 2.75) is 80.8 Å². The number of aromatic hydroxyl groups is 1. The molecule has 258 valence electrons. The number of amides is 2. The first kappa shape index (κ1) is 31.0. The van der Waals surface area contributed by atoms with Gasteiger partial charge in [0.25, 0.3) is 5.91 Å². The number of phenolic OH excluding ortho intramolecular Hbond substituents is 1. The van der Waals surface area contributed by atoms with Crippen LogP contribution in [0.5, 0.6) is 11.5 Å². The highest BCUT2D eigenvalue weighted by molar-refractivity contribution is 6.04. The molecular formula is C38H42N8O4. The van der Waals surface area contributed by atoms with Crippen molar-refractivity contribution in [2.24, 2.45) is 0 Å². The van der Waals surface area contributed by atoms with Crippen LogP contribution >= 0.6 is 0 Å². The van der Waals surface area contributed by atoms with Crippen LogP contribution in [-0.2, 0) is 15.0 Å². The summed E-state index contributed by atoms with van der Waals surface area (Å²) in [5, 5.41) is 26.1. The van der Waals surface area contributed by atoms with Gasteiger partial charge >= 0.3 is 0 Å². The van der Waals surface area contributed by atoms with Crippen LogP contribution in [-0.4, -0.2) is 79.1 Å². The van der Waals surface area contributed by atoms with Gasteiger partial charge in [0.2, 0.25) is 5.91 Å². The number of imide groups is 1. The van der Waals surface area contributed by atoms with E-state index in [1.165, 1.54) is 18.4 Å². The molecule has 0 radical (unpaired) electrons. The SMILES string of the molecule is C[C@@]1(N2CCOc3c2cccc3[C@]23CC[C@]2(N2CCC(n4cc(-c5cc(-c6ccccc6O)nnc5N)cn4)CC2)CC3)CCC(=O)NC1=O. The van der Waals surface area contributed by atoms with E-state index >= 15 is 0 Å². The number of rotatable bonds is 6. The van der Waals surface area contributed by atoms with Crippen molar-refractivity contribution < 1.29 is 19.4 Å². The van der Waals surface area contributed by atoms with Gasteiger partial charge in [0.05, 0.1) is 30.2 Å². The van der Waals surface area contributed by atoms with E-state index in [0.29, 0.717) is 43.1 Å². The number of aromatic nitrogens is 4. The highest BCUT2D eigenvalue weighted by atomic mass is 16.5. The Balaban J connectivity index is 0.931. The van der Waals surface area contributed by atoms with Crippen molar-refractivity contribution >= 4 is 23.3 Å². The Morgan fingerprint density at radius 3 is 2.50 bits per heavy atom. The molecule has 12 nitrogen and oxygen atoms in total. The van der Waals surface area contributed by atoms with Crippen molar-refractivity contribution in [2.75, 3.05) is 36.9 Å². The number of para-hydroxylation sites is 2. The molecule has 5 aliphatic rings. The molecule has 0 unspecified atom stereocenters. The summed E-state index contributed by atoms with van der Waals surface area (Å²) in [5.41, 5.74) is 10.7. The molecule has 3 aliphatic heterocycles. The lowest BCUT2D eigenvalue weighted by Gasteiger charge is -2.73. The van der Waals surface area contributed by atoms with Crippen LogP contribution in [0.15, 0.2) is 60.9 Å². The molecule has 1 atom stereocenters. The highest BCUT2D eigenvalue weighted by Gasteiger charge is 2.69. The third kappa shape index (κ3) is 4.43. The Kier molecular flexibility index (Phi) is 7.00. The average Bonchev–Trinajstić information content (AvgIpc) is 3.62. The van der Waals surface area contributed by atoms with Crippen molar-refractivity contribution in [3.8, 4) is 33.9 Å². The van der Waals surface area contributed by atoms with Gasteiger partial charge in [-0.15, -0.1) is 10.2 Å². The van der Waals surface area contributed by atoms with E-state index in [2.05, 4.69) is 54.4 Å². The second kappa shape index (κ2) is 11.3. The van der Waals surface area contributed by atoms with Gasteiger partial charge in [-0.3, -0.25) is 24.5 Å². The molecule has 4 aromatic rings. The van der Waals surface area contributed by atoms with Crippen LogP contribution in [0.3, 0.4) is 0 Å². The van der Waals surface area contributed by atoms with Crippen molar-refractivity contribution in [1.82, 2.24) is 30.2 Å². The summed E-state index contributed by atoms with van der Waals surface area (Å²) in [6.07, 6.45) is 11.3.